The molecule has 1 atom stereocenters. The SMILES string of the molecule is Cc1ccc(Oc2cccc(C=C3CCN(C(=O)Nc4noc(C)c4C)CC3C)c2)cn1. The zero-order valence-electron chi connectivity index (χ0n) is 18.9. The minimum atomic E-state index is -0.144. The van der Waals surface area contributed by atoms with E-state index in [0.29, 0.717) is 30.4 Å². The Morgan fingerprint density at radius 1 is 1.22 bits per heavy atom. The van der Waals surface area contributed by atoms with Crippen LogP contribution in [0, 0.1) is 26.7 Å². The van der Waals surface area contributed by atoms with Crippen molar-refractivity contribution in [1.29, 1.82) is 0 Å². The number of likely N-dealkylation sites (tertiary alicyclic amines) is 1. The molecule has 0 bridgehead atoms. The van der Waals surface area contributed by atoms with Crippen molar-refractivity contribution in [2.24, 2.45) is 5.92 Å². The summed E-state index contributed by atoms with van der Waals surface area (Å²) in [5.74, 6) is 2.93. The predicted octanol–water partition coefficient (Wildman–Crippen LogP) is 5.74. The van der Waals surface area contributed by atoms with E-state index in [0.717, 1.165) is 29.0 Å². The fraction of sp³-hybridized carbons (Fsp3) is 0.320. The number of piperidine rings is 1. The van der Waals surface area contributed by atoms with E-state index in [1.165, 1.54) is 5.57 Å². The van der Waals surface area contributed by atoms with Gasteiger partial charge in [0.2, 0.25) is 0 Å². The van der Waals surface area contributed by atoms with Gasteiger partial charge in [-0.3, -0.25) is 10.3 Å². The molecule has 1 N–H and O–H groups in total. The Morgan fingerprint density at radius 2 is 2.06 bits per heavy atom. The molecule has 3 aromatic rings. The number of carbonyl (C=O) groups is 1. The summed E-state index contributed by atoms with van der Waals surface area (Å²) in [7, 11) is 0. The molecule has 0 spiro atoms. The van der Waals surface area contributed by atoms with Crippen LogP contribution in [0.5, 0.6) is 11.5 Å². The van der Waals surface area contributed by atoms with Gasteiger partial charge in [-0.15, -0.1) is 0 Å². The van der Waals surface area contributed by atoms with E-state index in [1.807, 2.05) is 56.0 Å². The first-order chi connectivity index (χ1) is 15.4. The molecule has 7 nitrogen and oxygen atoms in total. The number of urea groups is 1. The van der Waals surface area contributed by atoms with Gasteiger partial charge < -0.3 is 14.2 Å². The van der Waals surface area contributed by atoms with Crippen molar-refractivity contribution in [1.82, 2.24) is 15.0 Å². The van der Waals surface area contributed by atoms with Crippen LogP contribution >= 0.6 is 0 Å². The number of hydrogen-bond acceptors (Lipinski definition) is 5. The standard InChI is InChI=1S/C25H28N4O3/c1-16-15-29(25(30)27-24-18(3)19(4)32-28-24)11-10-21(16)12-20-6-5-7-22(13-20)31-23-9-8-17(2)26-14-23/h5-9,12-14,16H,10-11,15H2,1-4H3,(H,27,28,30). The fourth-order valence-corrected chi connectivity index (χ4v) is 3.70. The third kappa shape index (κ3) is 4.99. The Bertz CT molecular complexity index is 1130. The Hall–Kier alpha value is -3.61. The Morgan fingerprint density at radius 3 is 2.75 bits per heavy atom. The smallest absolute Gasteiger partial charge is 0.323 e. The first-order valence-corrected chi connectivity index (χ1v) is 10.8. The fourth-order valence-electron chi connectivity index (χ4n) is 3.70. The van der Waals surface area contributed by atoms with Crippen LogP contribution in [0.3, 0.4) is 0 Å². The monoisotopic (exact) mass is 432 g/mol. The first kappa shape index (κ1) is 21.6. The van der Waals surface area contributed by atoms with Crippen LogP contribution in [0.2, 0.25) is 0 Å². The number of nitrogens with one attached hydrogen (secondary N) is 1. The van der Waals surface area contributed by atoms with E-state index in [4.69, 9.17) is 9.26 Å². The minimum Gasteiger partial charge on any atom is -0.456 e. The number of carbonyl (C=O) groups excluding carboxylic acids is 1. The van der Waals surface area contributed by atoms with Gasteiger partial charge in [0.15, 0.2) is 5.82 Å². The van der Waals surface area contributed by atoms with Gasteiger partial charge >= 0.3 is 6.03 Å². The molecule has 7 heteroatoms. The molecule has 1 saturated heterocycles. The van der Waals surface area contributed by atoms with Crippen molar-refractivity contribution < 1.29 is 14.1 Å². The molecule has 2 aromatic heterocycles. The van der Waals surface area contributed by atoms with E-state index in [1.54, 1.807) is 6.20 Å². The molecule has 166 valence electrons. The van der Waals surface area contributed by atoms with E-state index in [2.05, 4.69) is 34.5 Å². The molecular weight excluding hydrogens is 404 g/mol. The summed E-state index contributed by atoms with van der Waals surface area (Å²) in [5.41, 5.74) is 4.20. The van der Waals surface area contributed by atoms with E-state index < -0.39 is 0 Å². The molecule has 1 aliphatic heterocycles. The average molecular weight is 433 g/mol. The van der Waals surface area contributed by atoms with Crippen molar-refractivity contribution in [3.05, 3.63) is 70.7 Å². The summed E-state index contributed by atoms with van der Waals surface area (Å²) in [6.07, 6.45) is 4.74. The number of aromatic nitrogens is 2. The van der Waals surface area contributed by atoms with Gasteiger partial charge in [-0.05, 0) is 62.9 Å². The number of amides is 2. The van der Waals surface area contributed by atoms with Crippen molar-refractivity contribution in [2.45, 2.75) is 34.1 Å². The Balaban J connectivity index is 1.40. The molecule has 0 aliphatic carbocycles. The van der Waals surface area contributed by atoms with Crippen LogP contribution < -0.4 is 10.1 Å². The lowest BCUT2D eigenvalue weighted by Crippen LogP contribution is -2.42. The lowest BCUT2D eigenvalue weighted by molar-refractivity contribution is 0.197. The lowest BCUT2D eigenvalue weighted by atomic mass is 9.91. The lowest BCUT2D eigenvalue weighted by Gasteiger charge is -2.33. The number of hydrogen-bond donors (Lipinski definition) is 1. The number of ether oxygens (including phenoxy) is 1. The van der Waals surface area contributed by atoms with Gasteiger partial charge in [0.25, 0.3) is 0 Å². The molecule has 0 saturated carbocycles. The highest BCUT2D eigenvalue weighted by Gasteiger charge is 2.25. The van der Waals surface area contributed by atoms with Crippen molar-refractivity contribution in [2.75, 3.05) is 18.4 Å². The third-order valence-electron chi connectivity index (χ3n) is 5.80. The minimum absolute atomic E-state index is 0.144. The number of aryl methyl sites for hydroxylation is 2. The molecule has 32 heavy (non-hydrogen) atoms. The largest absolute Gasteiger partial charge is 0.456 e. The Kier molecular flexibility index (Phi) is 6.25. The molecule has 2 amide bonds. The molecule has 1 unspecified atom stereocenters. The zero-order chi connectivity index (χ0) is 22.7. The molecule has 1 fully saturated rings. The van der Waals surface area contributed by atoms with Crippen LogP contribution in [0.4, 0.5) is 10.6 Å². The average Bonchev–Trinajstić information content (AvgIpc) is 3.09. The summed E-state index contributed by atoms with van der Waals surface area (Å²) in [5, 5.41) is 6.78. The van der Waals surface area contributed by atoms with Gasteiger partial charge in [-0.25, -0.2) is 4.79 Å². The Labute approximate surface area is 188 Å². The zero-order valence-corrected chi connectivity index (χ0v) is 18.9. The number of benzene rings is 1. The highest BCUT2D eigenvalue weighted by Crippen LogP contribution is 2.28. The van der Waals surface area contributed by atoms with Crippen LogP contribution in [0.15, 0.2) is 52.7 Å². The van der Waals surface area contributed by atoms with Gasteiger partial charge in [0.05, 0.1) is 6.20 Å². The number of pyridine rings is 1. The summed E-state index contributed by atoms with van der Waals surface area (Å²) < 4.78 is 11.1. The van der Waals surface area contributed by atoms with Gasteiger partial charge in [0, 0.05) is 24.3 Å². The van der Waals surface area contributed by atoms with Crippen LogP contribution in [-0.2, 0) is 0 Å². The van der Waals surface area contributed by atoms with E-state index >= 15 is 0 Å². The first-order valence-electron chi connectivity index (χ1n) is 10.8. The van der Waals surface area contributed by atoms with Gasteiger partial charge in [-0.1, -0.05) is 35.9 Å². The second-order valence-electron chi connectivity index (χ2n) is 8.27. The topological polar surface area (TPSA) is 80.5 Å². The number of rotatable bonds is 4. The highest BCUT2D eigenvalue weighted by molar-refractivity contribution is 5.89. The summed E-state index contributed by atoms with van der Waals surface area (Å²) in [6, 6.07) is 11.7. The number of nitrogens with zero attached hydrogens (tertiary/aromatic N) is 3. The second-order valence-corrected chi connectivity index (χ2v) is 8.27. The van der Waals surface area contributed by atoms with Crippen molar-refractivity contribution in [3.8, 4) is 11.5 Å². The maximum Gasteiger partial charge on any atom is 0.323 e. The molecule has 1 aliphatic rings. The van der Waals surface area contributed by atoms with Crippen LogP contribution in [0.25, 0.3) is 6.08 Å². The molecular formula is C25H28N4O3. The molecule has 4 rings (SSSR count). The summed E-state index contributed by atoms with van der Waals surface area (Å²) >= 11 is 0. The van der Waals surface area contributed by atoms with Gasteiger partial charge in [-0.2, -0.15) is 0 Å². The highest BCUT2D eigenvalue weighted by atomic mass is 16.5. The second kappa shape index (κ2) is 9.26. The van der Waals surface area contributed by atoms with Crippen LogP contribution in [0.1, 0.15) is 35.9 Å². The summed E-state index contributed by atoms with van der Waals surface area (Å²) in [4.78, 5) is 18.8. The maximum atomic E-state index is 12.7. The van der Waals surface area contributed by atoms with Crippen LogP contribution in [-0.4, -0.2) is 34.2 Å². The normalized spacial score (nSPS) is 17.4. The maximum absolute atomic E-state index is 12.7. The third-order valence-corrected chi connectivity index (χ3v) is 5.80. The summed E-state index contributed by atoms with van der Waals surface area (Å²) in [6.45, 7) is 9.12. The van der Waals surface area contributed by atoms with Crippen molar-refractivity contribution in [3.63, 3.8) is 0 Å². The molecule has 3 heterocycles. The van der Waals surface area contributed by atoms with Crippen molar-refractivity contribution >= 4 is 17.9 Å². The van der Waals surface area contributed by atoms with Gasteiger partial charge in [0.1, 0.15) is 17.3 Å². The van der Waals surface area contributed by atoms with E-state index in [-0.39, 0.29) is 11.9 Å². The quantitative estimate of drug-likeness (QED) is 0.568. The van der Waals surface area contributed by atoms with E-state index in [9.17, 15) is 4.79 Å². The molecule has 1 aromatic carbocycles. The number of anilines is 1. The molecule has 0 radical (unpaired) electrons. The predicted molar refractivity (Wildman–Crippen MR) is 124 cm³/mol.